The minimum atomic E-state index is -0.166. The molecule has 2 aromatic rings. The van der Waals surface area contributed by atoms with E-state index in [1.165, 1.54) is 6.20 Å². The van der Waals surface area contributed by atoms with Crippen molar-refractivity contribution in [2.45, 2.75) is 13.5 Å². The van der Waals surface area contributed by atoms with Crippen molar-refractivity contribution >= 4 is 29.1 Å². The number of hydrogen-bond acceptors (Lipinski definition) is 5. The van der Waals surface area contributed by atoms with Crippen LogP contribution in [-0.2, 0) is 6.54 Å². The first kappa shape index (κ1) is 21.2. The normalized spacial score (nSPS) is 14.7. The first-order chi connectivity index (χ1) is 14.0. The highest BCUT2D eigenvalue weighted by atomic mass is 35.5. The van der Waals surface area contributed by atoms with Crippen molar-refractivity contribution in [1.82, 2.24) is 14.8 Å². The molecule has 2 amide bonds. The van der Waals surface area contributed by atoms with Crippen LogP contribution in [0.1, 0.15) is 23.0 Å². The smallest absolute Gasteiger partial charge is 0.324 e. The Kier molecular flexibility index (Phi) is 7.19. The Morgan fingerprint density at radius 1 is 1.17 bits per heavy atom. The third-order valence-electron chi connectivity index (χ3n) is 5.09. The van der Waals surface area contributed by atoms with Gasteiger partial charge in [-0.3, -0.25) is 14.7 Å². The van der Waals surface area contributed by atoms with E-state index in [0.29, 0.717) is 35.1 Å². The van der Waals surface area contributed by atoms with Gasteiger partial charge in [-0.2, -0.15) is 0 Å². The number of ketones is 1. The van der Waals surface area contributed by atoms with E-state index in [0.717, 1.165) is 19.6 Å². The number of benzene rings is 1. The molecule has 2 N–H and O–H groups in total. The highest BCUT2D eigenvalue weighted by Crippen LogP contribution is 2.23. The van der Waals surface area contributed by atoms with Crippen LogP contribution in [0, 0.1) is 0 Å². The molecule has 1 fully saturated rings. The van der Waals surface area contributed by atoms with Gasteiger partial charge in [-0.05, 0) is 36.9 Å². The molecule has 1 aliphatic heterocycles. The summed E-state index contributed by atoms with van der Waals surface area (Å²) in [5, 5.41) is 0.563. The Bertz CT molecular complexity index is 850. The Morgan fingerprint density at radius 2 is 1.93 bits per heavy atom. The molecule has 1 aliphatic rings. The molecule has 7 nitrogen and oxygen atoms in total. The van der Waals surface area contributed by atoms with Crippen molar-refractivity contribution in [2.75, 3.05) is 44.2 Å². The summed E-state index contributed by atoms with van der Waals surface area (Å²) in [4.78, 5) is 35.3. The number of amides is 2. The van der Waals surface area contributed by atoms with Gasteiger partial charge in [-0.25, -0.2) is 4.79 Å². The first-order valence-corrected chi connectivity index (χ1v) is 10.1. The summed E-state index contributed by atoms with van der Waals surface area (Å²) in [6.07, 6.45) is 1.51. The monoisotopic (exact) mass is 415 g/mol. The van der Waals surface area contributed by atoms with Crippen molar-refractivity contribution in [3.05, 3.63) is 58.9 Å². The van der Waals surface area contributed by atoms with E-state index in [9.17, 15) is 9.59 Å². The van der Waals surface area contributed by atoms with Crippen LogP contribution in [0.5, 0.6) is 0 Å². The molecule has 1 aromatic carbocycles. The molecule has 1 saturated heterocycles. The summed E-state index contributed by atoms with van der Waals surface area (Å²) in [7, 11) is 0. The van der Waals surface area contributed by atoms with Crippen LogP contribution in [0.3, 0.4) is 0 Å². The molecule has 0 bridgehead atoms. The lowest BCUT2D eigenvalue weighted by atomic mass is 10.1. The summed E-state index contributed by atoms with van der Waals surface area (Å²) in [5.41, 5.74) is 7.26. The topological polar surface area (TPSA) is 82.8 Å². The number of urea groups is 1. The van der Waals surface area contributed by atoms with E-state index in [-0.39, 0.29) is 24.9 Å². The lowest BCUT2D eigenvalue weighted by Gasteiger charge is -2.37. The first-order valence-electron chi connectivity index (χ1n) is 9.74. The number of pyridine rings is 1. The average molecular weight is 416 g/mol. The van der Waals surface area contributed by atoms with Crippen LogP contribution >= 0.6 is 11.6 Å². The molecule has 1 aromatic heterocycles. The minimum absolute atomic E-state index is 0.0576. The maximum absolute atomic E-state index is 13.3. The Hall–Kier alpha value is -2.48. The molecule has 154 valence electrons. The van der Waals surface area contributed by atoms with E-state index in [2.05, 4.69) is 16.8 Å². The van der Waals surface area contributed by atoms with Gasteiger partial charge in [-0.1, -0.05) is 24.6 Å². The predicted molar refractivity (Wildman–Crippen MR) is 114 cm³/mol. The SMILES string of the molecule is CCN1CCN(C(=O)N(Cc2ccc(C(=O)CN)cn2)c2cccc(Cl)c2)CC1. The van der Waals surface area contributed by atoms with Gasteiger partial charge in [0.15, 0.2) is 5.78 Å². The van der Waals surface area contributed by atoms with Gasteiger partial charge in [0.2, 0.25) is 0 Å². The second-order valence-corrected chi connectivity index (χ2v) is 7.37. The second-order valence-electron chi connectivity index (χ2n) is 6.94. The van der Waals surface area contributed by atoms with Crippen LogP contribution in [0.25, 0.3) is 0 Å². The lowest BCUT2D eigenvalue weighted by molar-refractivity contribution is 0.100. The van der Waals surface area contributed by atoms with E-state index < -0.39 is 0 Å². The molecule has 8 heteroatoms. The van der Waals surface area contributed by atoms with Crippen molar-refractivity contribution in [3.8, 4) is 0 Å². The van der Waals surface area contributed by atoms with Crippen molar-refractivity contribution in [3.63, 3.8) is 0 Å². The van der Waals surface area contributed by atoms with Gasteiger partial charge in [0.05, 0.1) is 18.8 Å². The summed E-state index contributed by atoms with van der Waals surface area (Å²) in [6.45, 7) is 6.42. The molecule has 3 rings (SSSR count). The number of piperazine rings is 1. The molecule has 29 heavy (non-hydrogen) atoms. The number of hydrogen-bond donors (Lipinski definition) is 1. The number of aromatic nitrogens is 1. The van der Waals surface area contributed by atoms with Gasteiger partial charge in [0.1, 0.15) is 0 Å². The van der Waals surface area contributed by atoms with E-state index in [4.69, 9.17) is 17.3 Å². The number of nitrogens with zero attached hydrogens (tertiary/aromatic N) is 4. The standard InChI is InChI=1S/C21H26ClN5O2/c1-2-25-8-10-26(11-9-25)21(29)27(19-5-3-4-17(22)12-19)15-18-7-6-16(14-24-18)20(28)13-23/h3-7,12,14H,2,8-11,13,15,23H2,1H3. The largest absolute Gasteiger partial charge is 0.324 e. The van der Waals surface area contributed by atoms with Crippen LogP contribution in [-0.4, -0.2) is 65.9 Å². The summed E-state index contributed by atoms with van der Waals surface area (Å²) in [6, 6.07) is 10.6. The van der Waals surface area contributed by atoms with Gasteiger partial charge < -0.3 is 15.5 Å². The number of halogens is 1. The number of nitrogens with two attached hydrogens (primary N) is 1. The van der Waals surface area contributed by atoms with E-state index >= 15 is 0 Å². The molecular weight excluding hydrogens is 390 g/mol. The zero-order chi connectivity index (χ0) is 20.8. The zero-order valence-corrected chi connectivity index (χ0v) is 17.3. The number of rotatable bonds is 6. The van der Waals surface area contributed by atoms with Crippen molar-refractivity contribution < 1.29 is 9.59 Å². The van der Waals surface area contributed by atoms with Crippen LogP contribution in [0.4, 0.5) is 10.5 Å². The van der Waals surface area contributed by atoms with E-state index in [1.807, 2.05) is 17.0 Å². The number of anilines is 1. The summed E-state index contributed by atoms with van der Waals surface area (Å²) in [5.74, 6) is -0.166. The highest BCUT2D eigenvalue weighted by molar-refractivity contribution is 6.30. The number of likely N-dealkylation sites (N-methyl/N-ethyl adjacent to an activating group) is 1. The molecule has 0 radical (unpaired) electrons. The summed E-state index contributed by atoms with van der Waals surface area (Å²) >= 11 is 6.17. The van der Waals surface area contributed by atoms with Gasteiger partial charge >= 0.3 is 6.03 Å². The third-order valence-corrected chi connectivity index (χ3v) is 5.33. The van der Waals surface area contributed by atoms with Crippen LogP contribution in [0.15, 0.2) is 42.6 Å². The zero-order valence-electron chi connectivity index (χ0n) is 16.6. The fourth-order valence-corrected chi connectivity index (χ4v) is 3.49. The predicted octanol–water partition coefficient (Wildman–Crippen LogP) is 2.64. The van der Waals surface area contributed by atoms with Gasteiger partial charge in [-0.15, -0.1) is 0 Å². The quantitative estimate of drug-likeness (QED) is 0.733. The van der Waals surface area contributed by atoms with E-state index in [1.54, 1.807) is 29.2 Å². The van der Waals surface area contributed by atoms with Crippen molar-refractivity contribution in [2.24, 2.45) is 5.73 Å². The van der Waals surface area contributed by atoms with Crippen molar-refractivity contribution in [1.29, 1.82) is 0 Å². The molecule has 2 heterocycles. The Balaban J connectivity index is 1.82. The molecule has 0 spiro atoms. The Morgan fingerprint density at radius 3 is 2.52 bits per heavy atom. The number of carbonyl (C=O) groups excluding carboxylic acids is 2. The molecule has 0 unspecified atom stereocenters. The number of Topliss-reactive ketones (excluding diaryl/α,β-unsaturated/α-hetero) is 1. The third kappa shape index (κ3) is 5.32. The highest BCUT2D eigenvalue weighted by Gasteiger charge is 2.26. The fraction of sp³-hybridized carbons (Fsp3) is 0.381. The Labute approximate surface area is 176 Å². The van der Waals surface area contributed by atoms with Gasteiger partial charge in [0, 0.05) is 48.6 Å². The minimum Gasteiger partial charge on any atom is -0.324 e. The maximum atomic E-state index is 13.3. The van der Waals surface area contributed by atoms with Crippen LogP contribution < -0.4 is 10.6 Å². The molecule has 0 atom stereocenters. The number of carbonyl (C=O) groups is 2. The maximum Gasteiger partial charge on any atom is 0.324 e. The van der Waals surface area contributed by atoms with Gasteiger partial charge in [0.25, 0.3) is 0 Å². The molecule has 0 saturated carbocycles. The fourth-order valence-electron chi connectivity index (χ4n) is 3.30. The lowest BCUT2D eigenvalue weighted by Crippen LogP contribution is -2.52. The average Bonchev–Trinajstić information content (AvgIpc) is 2.77. The molecular formula is C21H26ClN5O2. The molecule has 0 aliphatic carbocycles. The second kappa shape index (κ2) is 9.82. The van der Waals surface area contributed by atoms with Crippen LogP contribution in [0.2, 0.25) is 5.02 Å². The summed E-state index contributed by atoms with van der Waals surface area (Å²) < 4.78 is 0.